The number of aryl methyl sites for hydroxylation is 2. The van der Waals surface area contributed by atoms with Gasteiger partial charge in [0.2, 0.25) is 17.7 Å². The Morgan fingerprint density at radius 1 is 1.25 bits per heavy atom. The number of benzene rings is 1. The summed E-state index contributed by atoms with van der Waals surface area (Å²) in [5.41, 5.74) is 0.371. The molecule has 1 atom stereocenters. The molecule has 0 spiro atoms. The number of amides is 3. The van der Waals surface area contributed by atoms with Gasteiger partial charge in [0, 0.05) is 44.8 Å². The molecule has 8 nitrogen and oxygen atoms in total. The lowest BCUT2D eigenvalue weighted by molar-refractivity contribution is -0.143. The summed E-state index contributed by atoms with van der Waals surface area (Å²) in [4.78, 5) is 41.8. The van der Waals surface area contributed by atoms with Crippen LogP contribution in [0.15, 0.2) is 30.3 Å². The van der Waals surface area contributed by atoms with Crippen LogP contribution in [0.2, 0.25) is 0 Å². The number of halogens is 1. The lowest BCUT2D eigenvalue weighted by Gasteiger charge is -2.29. The van der Waals surface area contributed by atoms with Gasteiger partial charge in [0.25, 0.3) is 0 Å². The van der Waals surface area contributed by atoms with Crippen LogP contribution < -0.4 is 0 Å². The third kappa shape index (κ3) is 4.57. The molecule has 0 N–H and O–H groups in total. The summed E-state index contributed by atoms with van der Waals surface area (Å²) in [6, 6.07) is 7.78. The molecule has 1 aromatic carbocycles. The average molecular weight is 445 g/mol. The number of hydrogen-bond donors (Lipinski definition) is 0. The summed E-state index contributed by atoms with van der Waals surface area (Å²) < 4.78 is 21.6. The number of ether oxygens (including phenoxy) is 1. The van der Waals surface area contributed by atoms with E-state index in [1.807, 2.05) is 24.6 Å². The normalized spacial score (nSPS) is 18.5. The molecule has 1 aromatic heterocycles. The molecule has 0 aliphatic carbocycles. The number of methoxy groups -OCH3 is 1. The highest BCUT2D eigenvalue weighted by Gasteiger charge is 2.54. The van der Waals surface area contributed by atoms with E-state index >= 15 is 0 Å². The Bertz CT molecular complexity index is 1020. The van der Waals surface area contributed by atoms with Crippen molar-refractivity contribution in [3.8, 4) is 0 Å². The summed E-state index contributed by atoms with van der Waals surface area (Å²) in [6.45, 7) is 4.92. The Kier molecular flexibility index (Phi) is 7.08. The number of hydrogen-bond acceptors (Lipinski definition) is 5. The molecule has 2 aromatic rings. The van der Waals surface area contributed by atoms with Gasteiger partial charge in [0.1, 0.15) is 5.82 Å². The predicted octanol–water partition coefficient (Wildman–Crippen LogP) is 1.83. The third-order valence-corrected chi connectivity index (χ3v) is 5.95. The van der Waals surface area contributed by atoms with Crippen molar-refractivity contribution in [1.82, 2.24) is 19.6 Å². The van der Waals surface area contributed by atoms with Crippen LogP contribution in [-0.4, -0.2) is 71.2 Å². The van der Waals surface area contributed by atoms with Crippen molar-refractivity contribution in [2.24, 2.45) is 0 Å². The molecule has 1 aliphatic rings. The lowest BCUT2D eigenvalue weighted by Crippen LogP contribution is -2.44. The van der Waals surface area contributed by atoms with Crippen LogP contribution in [-0.2, 0) is 31.1 Å². The summed E-state index contributed by atoms with van der Waals surface area (Å²) in [7, 11) is 3.10. The van der Waals surface area contributed by atoms with E-state index in [9.17, 15) is 18.8 Å². The second-order valence-electron chi connectivity index (χ2n) is 8.22. The minimum absolute atomic E-state index is 0.0618. The molecule has 0 radical (unpaired) electrons. The first-order chi connectivity index (χ1) is 15.2. The van der Waals surface area contributed by atoms with E-state index in [0.717, 1.165) is 16.3 Å². The van der Waals surface area contributed by atoms with E-state index in [-0.39, 0.29) is 37.5 Å². The Balaban J connectivity index is 1.84. The van der Waals surface area contributed by atoms with E-state index in [2.05, 4.69) is 5.10 Å². The van der Waals surface area contributed by atoms with Crippen LogP contribution in [0.25, 0.3) is 0 Å². The van der Waals surface area contributed by atoms with Gasteiger partial charge in [-0.25, -0.2) is 4.39 Å². The minimum Gasteiger partial charge on any atom is -0.383 e. The van der Waals surface area contributed by atoms with Gasteiger partial charge in [-0.05, 0) is 26.0 Å². The molecule has 3 amide bonds. The molecular weight excluding hydrogens is 415 g/mol. The van der Waals surface area contributed by atoms with Crippen LogP contribution >= 0.6 is 0 Å². The van der Waals surface area contributed by atoms with E-state index in [4.69, 9.17) is 4.74 Å². The first kappa shape index (κ1) is 23.6. The molecule has 2 heterocycles. The van der Waals surface area contributed by atoms with Crippen LogP contribution in [0.1, 0.15) is 29.8 Å². The lowest BCUT2D eigenvalue weighted by atomic mass is 9.75. The molecular formula is C23H29FN4O4. The molecule has 1 unspecified atom stereocenters. The molecule has 0 bridgehead atoms. The van der Waals surface area contributed by atoms with E-state index in [1.165, 1.54) is 30.2 Å². The highest BCUT2D eigenvalue weighted by Crippen LogP contribution is 2.41. The van der Waals surface area contributed by atoms with Crippen molar-refractivity contribution in [3.63, 3.8) is 0 Å². The summed E-state index contributed by atoms with van der Waals surface area (Å²) >= 11 is 0. The van der Waals surface area contributed by atoms with Crippen LogP contribution in [0, 0.1) is 19.7 Å². The largest absolute Gasteiger partial charge is 0.383 e. The van der Waals surface area contributed by atoms with Gasteiger partial charge in [-0.2, -0.15) is 5.10 Å². The number of nitrogens with zero attached hydrogens (tertiary/aromatic N) is 4. The second kappa shape index (κ2) is 9.60. The van der Waals surface area contributed by atoms with E-state index in [0.29, 0.717) is 13.1 Å². The minimum atomic E-state index is -1.57. The average Bonchev–Trinajstić information content (AvgIpc) is 3.19. The zero-order valence-corrected chi connectivity index (χ0v) is 18.9. The molecule has 1 fully saturated rings. The van der Waals surface area contributed by atoms with Crippen molar-refractivity contribution in [2.75, 3.05) is 33.9 Å². The number of imide groups is 1. The monoisotopic (exact) mass is 444 g/mol. The molecule has 1 saturated heterocycles. The van der Waals surface area contributed by atoms with Gasteiger partial charge >= 0.3 is 0 Å². The summed E-state index contributed by atoms with van der Waals surface area (Å²) in [5.74, 6) is -1.96. The number of carbonyl (C=O) groups is 3. The number of aromatic nitrogens is 2. The Morgan fingerprint density at radius 3 is 2.59 bits per heavy atom. The fraction of sp³-hybridized carbons (Fsp3) is 0.478. The zero-order valence-electron chi connectivity index (χ0n) is 18.9. The van der Waals surface area contributed by atoms with Crippen molar-refractivity contribution in [2.45, 2.75) is 38.6 Å². The Morgan fingerprint density at radius 2 is 1.97 bits per heavy atom. The van der Waals surface area contributed by atoms with Crippen LogP contribution in [0.3, 0.4) is 0 Å². The topological polar surface area (TPSA) is 84.7 Å². The molecule has 0 saturated carbocycles. The Labute approximate surface area is 186 Å². The fourth-order valence-electron chi connectivity index (χ4n) is 4.17. The quantitative estimate of drug-likeness (QED) is 0.551. The highest BCUT2D eigenvalue weighted by atomic mass is 19.1. The highest BCUT2D eigenvalue weighted by molar-refractivity contribution is 6.10. The second-order valence-corrected chi connectivity index (χ2v) is 8.22. The molecule has 172 valence electrons. The van der Waals surface area contributed by atoms with Gasteiger partial charge < -0.3 is 9.64 Å². The molecule has 3 rings (SSSR count). The first-order valence-corrected chi connectivity index (χ1v) is 10.5. The van der Waals surface area contributed by atoms with Gasteiger partial charge in [-0.3, -0.25) is 24.0 Å². The maximum absolute atomic E-state index is 14.8. The predicted molar refractivity (Wildman–Crippen MR) is 115 cm³/mol. The maximum Gasteiger partial charge on any atom is 0.241 e. The molecule has 32 heavy (non-hydrogen) atoms. The van der Waals surface area contributed by atoms with E-state index < -0.39 is 23.0 Å². The van der Waals surface area contributed by atoms with Crippen molar-refractivity contribution in [3.05, 3.63) is 53.1 Å². The van der Waals surface area contributed by atoms with E-state index in [1.54, 1.807) is 13.1 Å². The van der Waals surface area contributed by atoms with Crippen molar-refractivity contribution >= 4 is 17.7 Å². The summed E-state index contributed by atoms with van der Waals surface area (Å²) in [5, 5.41) is 4.39. The number of carbonyl (C=O) groups excluding carboxylic acids is 3. The summed E-state index contributed by atoms with van der Waals surface area (Å²) in [6.07, 6.45) is -0.552. The molecule has 9 heteroatoms. The zero-order chi connectivity index (χ0) is 23.5. The molecule has 1 aliphatic heterocycles. The van der Waals surface area contributed by atoms with Crippen LogP contribution in [0.5, 0.6) is 0 Å². The number of likely N-dealkylation sites (N-methyl/N-ethyl adjacent to an activating group) is 1. The Hall–Kier alpha value is -3.07. The van der Waals surface area contributed by atoms with Gasteiger partial charge in [-0.15, -0.1) is 0 Å². The number of rotatable bonds is 9. The van der Waals surface area contributed by atoms with Crippen molar-refractivity contribution < 1.29 is 23.5 Å². The first-order valence-electron chi connectivity index (χ1n) is 10.5. The maximum atomic E-state index is 14.8. The number of likely N-dealkylation sites (tertiary alicyclic amines) is 1. The van der Waals surface area contributed by atoms with Gasteiger partial charge in [0.05, 0.1) is 30.8 Å². The fourth-order valence-corrected chi connectivity index (χ4v) is 4.17. The van der Waals surface area contributed by atoms with Crippen LogP contribution in [0.4, 0.5) is 4.39 Å². The third-order valence-electron chi connectivity index (χ3n) is 5.95. The smallest absolute Gasteiger partial charge is 0.241 e. The SMILES string of the molecule is COCCN1C(=O)CC(CC(=O)N(C)CCn2nc(C)cc2C)(c2ccccc2F)C1=O. The van der Waals surface area contributed by atoms with Crippen molar-refractivity contribution in [1.29, 1.82) is 0 Å². The van der Waals surface area contributed by atoms with Gasteiger partial charge in [0.15, 0.2) is 0 Å². The standard InChI is InChI=1S/C23H29FN4O4/c1-16-13-17(2)28(25-16)10-9-26(3)20(29)14-23(18-7-5-6-8-19(18)24)15-21(30)27(22(23)31)11-12-32-4/h5-8,13H,9-12,14-15H2,1-4H3. The van der Waals surface area contributed by atoms with Gasteiger partial charge in [-0.1, -0.05) is 18.2 Å².